The van der Waals surface area contributed by atoms with Crippen LogP contribution < -0.4 is 5.32 Å². The summed E-state index contributed by atoms with van der Waals surface area (Å²) in [5.41, 5.74) is 1.05. The van der Waals surface area contributed by atoms with Gasteiger partial charge in [0.25, 0.3) is 0 Å². The van der Waals surface area contributed by atoms with Crippen molar-refractivity contribution in [3.05, 3.63) is 35.7 Å². The third-order valence-electron chi connectivity index (χ3n) is 3.34. The number of hydrogen-bond donors (Lipinski definition) is 1. The molecule has 5 nitrogen and oxygen atoms in total. The van der Waals surface area contributed by atoms with E-state index in [0.29, 0.717) is 33.0 Å². The van der Waals surface area contributed by atoms with Gasteiger partial charge in [-0.05, 0) is 19.9 Å². The molecule has 0 bridgehead atoms. The highest BCUT2D eigenvalue weighted by Crippen LogP contribution is 2.28. The van der Waals surface area contributed by atoms with Gasteiger partial charge < -0.3 is 9.88 Å². The summed E-state index contributed by atoms with van der Waals surface area (Å²) in [6.07, 6.45) is -2.64. The Morgan fingerprint density at radius 3 is 2.80 bits per heavy atom. The molecule has 10 heteroatoms. The van der Waals surface area contributed by atoms with Crippen LogP contribution in [-0.4, -0.2) is 39.0 Å². The Kier molecular flexibility index (Phi) is 6.28. The number of anilines is 1. The van der Waals surface area contributed by atoms with E-state index >= 15 is 0 Å². The summed E-state index contributed by atoms with van der Waals surface area (Å²) in [5.74, 6) is -0.144. The minimum Gasteiger partial charge on any atom is -0.357 e. The lowest BCUT2D eigenvalue weighted by molar-refractivity contribution is -0.141. The molecule has 0 spiro atoms. The first-order chi connectivity index (χ1) is 11.7. The van der Waals surface area contributed by atoms with Crippen molar-refractivity contribution in [2.45, 2.75) is 30.9 Å². The first-order valence-corrected chi connectivity index (χ1v) is 9.09. The number of hydrogen-bond acceptors (Lipinski definition) is 6. The van der Waals surface area contributed by atoms with E-state index in [1.165, 1.54) is 36.1 Å². The van der Waals surface area contributed by atoms with Gasteiger partial charge >= 0.3 is 6.18 Å². The quantitative estimate of drug-likeness (QED) is 0.418. The Hall–Kier alpha value is -1.81. The maximum Gasteiger partial charge on any atom is 0.406 e. The van der Waals surface area contributed by atoms with E-state index in [1.54, 1.807) is 13.0 Å². The normalized spacial score (nSPS) is 11.6. The molecule has 0 aromatic carbocycles. The molecule has 0 unspecified atom stereocenters. The Morgan fingerprint density at radius 2 is 2.16 bits per heavy atom. The number of thioether (sulfide) groups is 1. The van der Waals surface area contributed by atoms with Gasteiger partial charge in [0, 0.05) is 23.5 Å². The number of nitrogens with zero attached hydrogens (tertiary/aromatic N) is 3. The van der Waals surface area contributed by atoms with Crippen molar-refractivity contribution in [3.63, 3.8) is 0 Å². The van der Waals surface area contributed by atoms with Crippen LogP contribution in [0.4, 0.5) is 18.3 Å². The number of carbonyl (C=O) groups is 1. The van der Waals surface area contributed by atoms with Gasteiger partial charge in [0.1, 0.15) is 6.54 Å². The van der Waals surface area contributed by atoms with Crippen molar-refractivity contribution < 1.29 is 18.0 Å². The zero-order valence-electron chi connectivity index (χ0n) is 13.7. The summed E-state index contributed by atoms with van der Waals surface area (Å²) in [4.78, 5) is 12.4. The fraction of sp³-hybridized carbons (Fsp3) is 0.400. The van der Waals surface area contributed by atoms with Crippen molar-refractivity contribution in [3.8, 4) is 0 Å². The number of halogens is 3. The highest BCUT2D eigenvalue weighted by Gasteiger charge is 2.30. The lowest BCUT2D eigenvalue weighted by Crippen LogP contribution is -2.19. The highest BCUT2D eigenvalue weighted by molar-refractivity contribution is 8.01. The van der Waals surface area contributed by atoms with Gasteiger partial charge in [0.2, 0.25) is 5.13 Å². The van der Waals surface area contributed by atoms with Crippen LogP contribution in [0.15, 0.2) is 23.1 Å². The highest BCUT2D eigenvalue weighted by atomic mass is 32.2. The summed E-state index contributed by atoms with van der Waals surface area (Å²) in [5, 5.41) is 11.5. The van der Waals surface area contributed by atoms with Crippen molar-refractivity contribution in [2.24, 2.45) is 0 Å². The van der Waals surface area contributed by atoms with Crippen LogP contribution in [0, 0.1) is 13.8 Å². The topological polar surface area (TPSA) is 59.8 Å². The fourth-order valence-corrected chi connectivity index (χ4v) is 3.85. The van der Waals surface area contributed by atoms with E-state index in [0.717, 1.165) is 4.57 Å². The van der Waals surface area contributed by atoms with E-state index in [4.69, 9.17) is 0 Å². The van der Waals surface area contributed by atoms with E-state index in [9.17, 15) is 18.0 Å². The van der Waals surface area contributed by atoms with E-state index in [1.807, 2.05) is 0 Å². The van der Waals surface area contributed by atoms with Gasteiger partial charge in [-0.3, -0.25) is 4.79 Å². The van der Waals surface area contributed by atoms with Crippen LogP contribution in [0.3, 0.4) is 0 Å². The molecule has 1 N–H and O–H groups in total. The minimum atomic E-state index is -4.33. The largest absolute Gasteiger partial charge is 0.406 e. The summed E-state index contributed by atoms with van der Waals surface area (Å²) < 4.78 is 39.6. The number of Topliss-reactive ketones (excluding diaryl/α,β-unsaturated/α-hetero) is 1. The van der Waals surface area contributed by atoms with E-state index in [2.05, 4.69) is 22.1 Å². The van der Waals surface area contributed by atoms with Gasteiger partial charge in [-0.2, -0.15) is 13.2 Å². The number of carbonyl (C=O) groups excluding carboxylic acids is 1. The Labute approximate surface area is 151 Å². The predicted octanol–water partition coefficient (Wildman–Crippen LogP) is 4.09. The van der Waals surface area contributed by atoms with Gasteiger partial charge in [0.05, 0.1) is 5.75 Å². The molecule has 0 aliphatic rings. The van der Waals surface area contributed by atoms with Gasteiger partial charge in [-0.1, -0.05) is 29.2 Å². The molecule has 2 heterocycles. The predicted molar refractivity (Wildman–Crippen MR) is 93.6 cm³/mol. The van der Waals surface area contributed by atoms with Crippen molar-refractivity contribution in [1.29, 1.82) is 0 Å². The molecule has 0 aliphatic carbocycles. The molecule has 0 aliphatic heterocycles. The van der Waals surface area contributed by atoms with Crippen LogP contribution in [0.1, 0.15) is 21.7 Å². The van der Waals surface area contributed by atoms with Gasteiger partial charge in [0.15, 0.2) is 10.1 Å². The average Bonchev–Trinajstić information content (AvgIpc) is 3.09. The van der Waals surface area contributed by atoms with E-state index in [-0.39, 0.29) is 11.5 Å². The molecule has 0 atom stereocenters. The van der Waals surface area contributed by atoms with Crippen molar-refractivity contribution in [2.75, 3.05) is 17.6 Å². The number of nitrogens with one attached hydrogen (secondary N) is 1. The number of ketones is 1. The molecule has 2 aromatic heterocycles. The van der Waals surface area contributed by atoms with Crippen molar-refractivity contribution in [1.82, 2.24) is 14.8 Å². The lowest BCUT2D eigenvalue weighted by atomic mass is 10.2. The maximum atomic E-state index is 12.6. The molecule has 0 amide bonds. The van der Waals surface area contributed by atoms with Crippen molar-refractivity contribution >= 4 is 34.0 Å². The smallest absolute Gasteiger partial charge is 0.357 e. The number of alkyl halides is 3. The maximum absolute atomic E-state index is 12.6. The summed E-state index contributed by atoms with van der Waals surface area (Å²) in [6, 6.07) is 1.50. The molecule has 2 aromatic rings. The first kappa shape index (κ1) is 19.5. The second-order valence-electron chi connectivity index (χ2n) is 5.24. The van der Waals surface area contributed by atoms with Crippen LogP contribution in [0.5, 0.6) is 0 Å². The molecule has 0 fully saturated rings. The molecule has 136 valence electrons. The van der Waals surface area contributed by atoms with E-state index < -0.39 is 12.7 Å². The Bertz CT molecular complexity index is 767. The Balaban J connectivity index is 2.02. The zero-order chi connectivity index (χ0) is 18.6. The molecular weight excluding hydrogens is 373 g/mol. The zero-order valence-corrected chi connectivity index (χ0v) is 15.3. The Morgan fingerprint density at radius 1 is 1.44 bits per heavy atom. The molecule has 0 radical (unpaired) electrons. The first-order valence-electron chi connectivity index (χ1n) is 7.29. The molecule has 2 rings (SSSR count). The molecule has 0 saturated heterocycles. The average molecular weight is 390 g/mol. The molecule has 25 heavy (non-hydrogen) atoms. The van der Waals surface area contributed by atoms with Crippen LogP contribution in [-0.2, 0) is 6.54 Å². The van der Waals surface area contributed by atoms with Gasteiger partial charge in [-0.15, -0.1) is 16.8 Å². The number of aryl methyl sites for hydroxylation is 1. The van der Waals surface area contributed by atoms with Crippen LogP contribution in [0.2, 0.25) is 0 Å². The number of rotatable bonds is 8. The van der Waals surface area contributed by atoms with Crippen LogP contribution in [0.25, 0.3) is 0 Å². The SMILES string of the molecule is C=CCNc1nnc(SCC(=O)c2cc(C)n(CC(F)(F)F)c2C)s1. The summed E-state index contributed by atoms with van der Waals surface area (Å²) >= 11 is 2.52. The second-order valence-corrected chi connectivity index (χ2v) is 7.44. The minimum absolute atomic E-state index is 0.0897. The second kappa shape index (κ2) is 8.05. The third-order valence-corrected chi connectivity index (χ3v) is 5.36. The third kappa shape index (κ3) is 5.33. The lowest BCUT2D eigenvalue weighted by Gasteiger charge is -2.12. The molecule has 0 saturated carbocycles. The fourth-order valence-electron chi connectivity index (χ4n) is 2.21. The van der Waals surface area contributed by atoms with Gasteiger partial charge in [-0.25, -0.2) is 0 Å². The summed E-state index contributed by atoms with van der Waals surface area (Å²) in [6.45, 7) is 6.14. The van der Waals surface area contributed by atoms with Crippen LogP contribution >= 0.6 is 23.1 Å². The monoisotopic (exact) mass is 390 g/mol. The molecular formula is C15H17F3N4OS2. The standard InChI is InChI=1S/C15H17F3N4OS2/c1-4-5-19-13-20-21-14(25-13)24-7-12(23)11-6-9(2)22(10(11)3)8-15(16,17)18/h4,6H,1,5,7-8H2,2-3H3,(H,19,20). The number of aromatic nitrogens is 3. The summed E-state index contributed by atoms with van der Waals surface area (Å²) in [7, 11) is 0.